The van der Waals surface area contributed by atoms with E-state index in [2.05, 4.69) is 11.8 Å². The van der Waals surface area contributed by atoms with E-state index in [4.69, 9.17) is 9.47 Å². The summed E-state index contributed by atoms with van der Waals surface area (Å²) < 4.78 is 10.9. The van der Waals surface area contributed by atoms with Gasteiger partial charge >= 0.3 is 0 Å². The summed E-state index contributed by atoms with van der Waals surface area (Å²) >= 11 is 0. The highest BCUT2D eigenvalue weighted by Gasteiger charge is 2.28. The van der Waals surface area contributed by atoms with Crippen molar-refractivity contribution < 1.29 is 14.6 Å². The van der Waals surface area contributed by atoms with E-state index < -0.39 is 0 Å². The van der Waals surface area contributed by atoms with Gasteiger partial charge in [-0.15, -0.1) is 0 Å². The predicted molar refractivity (Wildman–Crippen MR) is 79.8 cm³/mol. The van der Waals surface area contributed by atoms with Crippen LogP contribution in [0.15, 0.2) is 0 Å². The number of methoxy groups -OCH3 is 1. The molecule has 0 aromatic rings. The van der Waals surface area contributed by atoms with Gasteiger partial charge < -0.3 is 14.6 Å². The lowest BCUT2D eigenvalue weighted by atomic mass is 9.86. The first-order valence-corrected chi connectivity index (χ1v) is 8.21. The predicted octanol–water partition coefficient (Wildman–Crippen LogP) is 2.05. The van der Waals surface area contributed by atoms with Crippen LogP contribution in [0.2, 0.25) is 0 Å². The molecule has 4 heteroatoms. The number of aliphatic hydroxyl groups excluding tert-OH is 1. The molecule has 1 saturated heterocycles. The molecule has 0 bridgehead atoms. The van der Waals surface area contributed by atoms with Gasteiger partial charge in [0, 0.05) is 32.8 Å². The Hall–Kier alpha value is -0.160. The second kappa shape index (κ2) is 8.32. The van der Waals surface area contributed by atoms with Crippen molar-refractivity contribution in [3.63, 3.8) is 0 Å². The molecule has 2 fully saturated rings. The lowest BCUT2D eigenvalue weighted by Crippen LogP contribution is -2.46. The fourth-order valence-corrected chi connectivity index (χ4v) is 3.55. The Bertz CT molecular complexity index is 260. The maximum absolute atomic E-state index is 10.1. The molecule has 1 saturated carbocycles. The van der Waals surface area contributed by atoms with Crippen molar-refractivity contribution in [2.75, 3.05) is 33.4 Å². The van der Waals surface area contributed by atoms with Crippen molar-refractivity contribution >= 4 is 0 Å². The Balaban J connectivity index is 1.87. The SMILES string of the molecule is COCC(O)CN(CC1CCCO1)C1CCC(C)CC1. The van der Waals surface area contributed by atoms with E-state index in [1.165, 1.54) is 38.5 Å². The van der Waals surface area contributed by atoms with Crippen molar-refractivity contribution in [2.45, 2.75) is 63.7 Å². The highest BCUT2D eigenvalue weighted by atomic mass is 16.5. The molecule has 118 valence electrons. The van der Waals surface area contributed by atoms with Crippen LogP contribution in [0.3, 0.4) is 0 Å². The van der Waals surface area contributed by atoms with Crippen LogP contribution in [0.25, 0.3) is 0 Å². The summed E-state index contributed by atoms with van der Waals surface area (Å²) in [7, 11) is 1.65. The van der Waals surface area contributed by atoms with Gasteiger partial charge in [0.25, 0.3) is 0 Å². The highest BCUT2D eigenvalue weighted by Crippen LogP contribution is 2.28. The summed E-state index contributed by atoms with van der Waals surface area (Å²) in [4.78, 5) is 2.46. The molecule has 1 aliphatic carbocycles. The first kappa shape index (κ1) is 16.2. The zero-order chi connectivity index (χ0) is 14.4. The van der Waals surface area contributed by atoms with Gasteiger partial charge in [0.15, 0.2) is 0 Å². The third kappa shape index (κ3) is 4.99. The molecule has 2 unspecified atom stereocenters. The molecular weight excluding hydrogens is 254 g/mol. The van der Waals surface area contributed by atoms with E-state index in [1.807, 2.05) is 0 Å². The average molecular weight is 285 g/mol. The van der Waals surface area contributed by atoms with E-state index >= 15 is 0 Å². The number of ether oxygens (including phenoxy) is 2. The molecule has 4 nitrogen and oxygen atoms in total. The van der Waals surface area contributed by atoms with Crippen LogP contribution in [0.4, 0.5) is 0 Å². The third-order valence-electron chi connectivity index (χ3n) is 4.77. The Morgan fingerprint density at radius 1 is 1.25 bits per heavy atom. The second-order valence-corrected chi connectivity index (χ2v) is 6.61. The minimum atomic E-state index is -0.388. The van der Waals surface area contributed by atoms with Crippen molar-refractivity contribution in [3.05, 3.63) is 0 Å². The van der Waals surface area contributed by atoms with Gasteiger partial charge in [-0.25, -0.2) is 0 Å². The zero-order valence-electron chi connectivity index (χ0n) is 13.1. The Labute approximate surface area is 123 Å². The Morgan fingerprint density at radius 2 is 2.00 bits per heavy atom. The molecule has 2 atom stereocenters. The molecule has 0 aromatic heterocycles. The van der Waals surface area contributed by atoms with Crippen LogP contribution in [0.5, 0.6) is 0 Å². The van der Waals surface area contributed by atoms with Crippen LogP contribution in [-0.4, -0.2) is 61.7 Å². The normalized spacial score (nSPS) is 32.7. The molecular formula is C16H31NO3. The van der Waals surface area contributed by atoms with Gasteiger partial charge in [0.2, 0.25) is 0 Å². The van der Waals surface area contributed by atoms with E-state index in [1.54, 1.807) is 7.11 Å². The summed E-state index contributed by atoms with van der Waals surface area (Å²) in [6, 6.07) is 0.613. The fraction of sp³-hybridized carbons (Fsp3) is 1.00. The molecule has 20 heavy (non-hydrogen) atoms. The van der Waals surface area contributed by atoms with Gasteiger partial charge in [-0.1, -0.05) is 6.92 Å². The number of hydrogen-bond acceptors (Lipinski definition) is 4. The third-order valence-corrected chi connectivity index (χ3v) is 4.77. The Morgan fingerprint density at radius 3 is 2.60 bits per heavy atom. The van der Waals surface area contributed by atoms with Crippen molar-refractivity contribution in [2.24, 2.45) is 5.92 Å². The van der Waals surface area contributed by atoms with Crippen LogP contribution in [0.1, 0.15) is 45.4 Å². The van der Waals surface area contributed by atoms with Gasteiger partial charge in [0.1, 0.15) is 0 Å². The van der Waals surface area contributed by atoms with Gasteiger partial charge in [0.05, 0.1) is 18.8 Å². The van der Waals surface area contributed by atoms with E-state index in [0.29, 0.717) is 25.3 Å². The van der Waals surface area contributed by atoms with Crippen LogP contribution in [0, 0.1) is 5.92 Å². The van der Waals surface area contributed by atoms with Gasteiger partial charge in [-0.2, -0.15) is 0 Å². The second-order valence-electron chi connectivity index (χ2n) is 6.61. The maximum atomic E-state index is 10.1. The van der Waals surface area contributed by atoms with Crippen molar-refractivity contribution in [3.8, 4) is 0 Å². The molecule has 2 rings (SSSR count). The molecule has 0 aromatic carbocycles. The molecule has 1 N–H and O–H groups in total. The summed E-state index contributed by atoms with van der Waals surface area (Å²) in [5.74, 6) is 0.861. The monoisotopic (exact) mass is 285 g/mol. The number of aliphatic hydroxyl groups is 1. The van der Waals surface area contributed by atoms with Crippen LogP contribution >= 0.6 is 0 Å². The summed E-state index contributed by atoms with van der Waals surface area (Å²) in [5.41, 5.74) is 0. The number of nitrogens with zero attached hydrogens (tertiary/aromatic N) is 1. The quantitative estimate of drug-likeness (QED) is 0.777. The first-order chi connectivity index (χ1) is 9.69. The molecule has 0 amide bonds. The minimum Gasteiger partial charge on any atom is -0.389 e. The molecule has 2 aliphatic rings. The largest absolute Gasteiger partial charge is 0.389 e. The van der Waals surface area contributed by atoms with E-state index in [0.717, 1.165) is 19.1 Å². The smallest absolute Gasteiger partial charge is 0.0900 e. The molecule has 1 heterocycles. The van der Waals surface area contributed by atoms with Crippen LogP contribution in [-0.2, 0) is 9.47 Å². The van der Waals surface area contributed by atoms with E-state index in [-0.39, 0.29) is 6.10 Å². The summed E-state index contributed by atoms with van der Waals surface area (Å²) in [5, 5.41) is 10.1. The van der Waals surface area contributed by atoms with Gasteiger partial charge in [-0.05, 0) is 44.4 Å². The highest BCUT2D eigenvalue weighted by molar-refractivity contribution is 4.82. The lowest BCUT2D eigenvalue weighted by Gasteiger charge is -2.38. The molecule has 1 aliphatic heterocycles. The van der Waals surface area contributed by atoms with E-state index in [9.17, 15) is 5.11 Å². The molecule has 0 radical (unpaired) electrons. The maximum Gasteiger partial charge on any atom is 0.0900 e. The fourth-order valence-electron chi connectivity index (χ4n) is 3.55. The molecule has 0 spiro atoms. The average Bonchev–Trinajstić information content (AvgIpc) is 2.92. The minimum absolute atomic E-state index is 0.365. The van der Waals surface area contributed by atoms with Crippen molar-refractivity contribution in [1.82, 2.24) is 4.90 Å². The lowest BCUT2D eigenvalue weighted by molar-refractivity contribution is -0.00428. The topological polar surface area (TPSA) is 41.9 Å². The summed E-state index contributed by atoms with van der Waals surface area (Å²) in [6.45, 7) is 5.36. The van der Waals surface area contributed by atoms with Crippen molar-refractivity contribution in [1.29, 1.82) is 0 Å². The number of hydrogen-bond donors (Lipinski definition) is 1. The zero-order valence-corrected chi connectivity index (χ0v) is 13.1. The first-order valence-electron chi connectivity index (χ1n) is 8.21. The van der Waals surface area contributed by atoms with Crippen LogP contribution < -0.4 is 0 Å². The standard InChI is InChI=1S/C16H31NO3/c1-13-5-7-14(8-6-13)17(10-15(18)12-19-2)11-16-4-3-9-20-16/h13-16,18H,3-12H2,1-2H3. The summed E-state index contributed by atoms with van der Waals surface area (Å²) in [6.07, 6.45) is 7.46. The number of rotatable bonds is 7. The Kier molecular flexibility index (Phi) is 6.75. The van der Waals surface area contributed by atoms with Gasteiger partial charge in [-0.3, -0.25) is 4.90 Å².